The fraction of sp³-hybridized carbons (Fsp3) is 0.125. The summed E-state index contributed by atoms with van der Waals surface area (Å²) in [6.45, 7) is 1.04. The number of fused-ring (bicyclic) bond motifs is 2. The highest BCUT2D eigenvalue weighted by molar-refractivity contribution is 6.10. The first-order chi connectivity index (χ1) is 9.93. The zero-order chi connectivity index (χ0) is 13.6. The number of nitrogens with one attached hydrogen (secondary N) is 2. The van der Waals surface area contributed by atoms with Gasteiger partial charge in [0, 0.05) is 0 Å². The largest absolute Gasteiger partial charge is 0.365 e. The van der Waals surface area contributed by atoms with E-state index in [-0.39, 0.29) is 0 Å². The zero-order valence-electron chi connectivity index (χ0n) is 11.1. The SMILES string of the molecule is C1=CC=C2NCN=C3C=CC=CC=C3NCN=C2C=C1. The summed E-state index contributed by atoms with van der Waals surface area (Å²) < 4.78 is 0. The minimum Gasteiger partial charge on any atom is -0.365 e. The highest BCUT2D eigenvalue weighted by Crippen LogP contribution is 2.07. The standard InChI is InChI=1S/C16H16N4/c1-3-7-13-14(8-4-1)18-12-20-16-10-6-2-5-9-15(16)19-11-17-13/h1-10,17,20H,11-12H2. The summed E-state index contributed by atoms with van der Waals surface area (Å²) in [4.78, 5) is 9.18. The highest BCUT2D eigenvalue weighted by atomic mass is 15.1. The van der Waals surface area contributed by atoms with Crippen LogP contribution in [0.4, 0.5) is 0 Å². The van der Waals surface area contributed by atoms with E-state index in [1.54, 1.807) is 0 Å². The molecule has 0 bridgehead atoms. The van der Waals surface area contributed by atoms with E-state index in [4.69, 9.17) is 0 Å². The number of hydrogen-bond donors (Lipinski definition) is 2. The monoisotopic (exact) mass is 264 g/mol. The predicted molar refractivity (Wildman–Crippen MR) is 83.6 cm³/mol. The van der Waals surface area contributed by atoms with Crippen molar-refractivity contribution in [1.82, 2.24) is 10.6 Å². The molecule has 0 spiro atoms. The van der Waals surface area contributed by atoms with Crippen molar-refractivity contribution in [2.75, 3.05) is 13.3 Å². The molecule has 0 amide bonds. The normalized spacial score (nSPS) is 20.8. The molecule has 3 rings (SSSR count). The zero-order valence-corrected chi connectivity index (χ0v) is 11.1. The molecule has 2 aliphatic carbocycles. The van der Waals surface area contributed by atoms with Crippen LogP contribution < -0.4 is 10.6 Å². The lowest BCUT2D eigenvalue weighted by atomic mass is 10.2. The smallest absolute Gasteiger partial charge is 0.108 e. The van der Waals surface area contributed by atoms with Gasteiger partial charge in [-0.3, -0.25) is 9.98 Å². The van der Waals surface area contributed by atoms with Crippen LogP contribution in [0.5, 0.6) is 0 Å². The van der Waals surface area contributed by atoms with Gasteiger partial charge in [0.15, 0.2) is 0 Å². The summed E-state index contributed by atoms with van der Waals surface area (Å²) >= 11 is 0. The fourth-order valence-corrected chi connectivity index (χ4v) is 2.07. The van der Waals surface area contributed by atoms with E-state index >= 15 is 0 Å². The Kier molecular flexibility index (Phi) is 3.73. The molecule has 100 valence electrons. The summed E-state index contributed by atoms with van der Waals surface area (Å²) in [6, 6.07) is 0. The first-order valence-corrected chi connectivity index (χ1v) is 6.61. The van der Waals surface area contributed by atoms with Crippen molar-refractivity contribution in [3.05, 3.63) is 72.2 Å². The molecule has 0 aromatic heterocycles. The second-order valence-corrected chi connectivity index (χ2v) is 4.41. The van der Waals surface area contributed by atoms with Crippen molar-refractivity contribution < 1.29 is 0 Å². The van der Waals surface area contributed by atoms with Crippen LogP contribution in [0.1, 0.15) is 0 Å². The van der Waals surface area contributed by atoms with E-state index in [0.29, 0.717) is 13.3 Å². The molecule has 2 N–H and O–H groups in total. The molecule has 0 unspecified atom stereocenters. The second kappa shape index (κ2) is 6.02. The van der Waals surface area contributed by atoms with Crippen molar-refractivity contribution in [3.8, 4) is 0 Å². The Bertz CT molecular complexity index is 569. The van der Waals surface area contributed by atoms with Crippen molar-refractivity contribution in [2.45, 2.75) is 0 Å². The molecule has 0 saturated carbocycles. The molecule has 4 heteroatoms. The molecule has 0 atom stereocenters. The molecule has 1 aliphatic heterocycles. The van der Waals surface area contributed by atoms with Gasteiger partial charge >= 0.3 is 0 Å². The van der Waals surface area contributed by atoms with Crippen molar-refractivity contribution in [3.63, 3.8) is 0 Å². The molecule has 4 nitrogen and oxygen atoms in total. The van der Waals surface area contributed by atoms with Gasteiger partial charge < -0.3 is 10.6 Å². The summed E-state index contributed by atoms with van der Waals surface area (Å²) in [5.41, 5.74) is 3.84. The average Bonchev–Trinajstić information content (AvgIpc) is 2.81. The number of rotatable bonds is 0. The molecule has 0 saturated heterocycles. The van der Waals surface area contributed by atoms with Gasteiger partial charge in [-0.15, -0.1) is 0 Å². The lowest BCUT2D eigenvalue weighted by Crippen LogP contribution is -2.26. The summed E-state index contributed by atoms with van der Waals surface area (Å²) in [5, 5.41) is 6.63. The van der Waals surface area contributed by atoms with Gasteiger partial charge in [0.05, 0.1) is 22.8 Å². The van der Waals surface area contributed by atoms with Crippen LogP contribution in [0.3, 0.4) is 0 Å². The van der Waals surface area contributed by atoms with Crippen molar-refractivity contribution in [1.29, 1.82) is 0 Å². The van der Waals surface area contributed by atoms with Crippen LogP contribution in [-0.4, -0.2) is 24.8 Å². The molecule has 1 heterocycles. The summed E-state index contributed by atoms with van der Waals surface area (Å²) in [6.07, 6.45) is 20.0. The van der Waals surface area contributed by atoms with Crippen molar-refractivity contribution >= 4 is 11.4 Å². The lowest BCUT2D eigenvalue weighted by molar-refractivity contribution is 0.821. The van der Waals surface area contributed by atoms with E-state index in [2.05, 4.69) is 20.6 Å². The maximum Gasteiger partial charge on any atom is 0.108 e. The van der Waals surface area contributed by atoms with Crippen LogP contribution in [0.25, 0.3) is 0 Å². The van der Waals surface area contributed by atoms with Crippen molar-refractivity contribution in [2.24, 2.45) is 9.98 Å². The quantitative estimate of drug-likeness (QED) is 0.703. The van der Waals surface area contributed by atoms with E-state index in [1.165, 1.54) is 0 Å². The Morgan fingerprint density at radius 2 is 1.15 bits per heavy atom. The molecule has 20 heavy (non-hydrogen) atoms. The second-order valence-electron chi connectivity index (χ2n) is 4.41. The Morgan fingerprint density at radius 1 is 0.650 bits per heavy atom. The van der Waals surface area contributed by atoms with E-state index in [0.717, 1.165) is 22.8 Å². The Balaban J connectivity index is 1.90. The van der Waals surface area contributed by atoms with E-state index < -0.39 is 0 Å². The topological polar surface area (TPSA) is 48.8 Å². The first kappa shape index (κ1) is 12.4. The molecular weight excluding hydrogens is 248 g/mol. The molecule has 3 aliphatic rings. The molecule has 0 aromatic rings. The van der Waals surface area contributed by atoms with Gasteiger partial charge in [-0.1, -0.05) is 36.5 Å². The molecule has 0 fully saturated rings. The van der Waals surface area contributed by atoms with Crippen LogP contribution in [0, 0.1) is 0 Å². The number of hydrogen-bond acceptors (Lipinski definition) is 4. The van der Waals surface area contributed by atoms with Crippen LogP contribution in [-0.2, 0) is 0 Å². The highest BCUT2D eigenvalue weighted by Gasteiger charge is 2.08. The Morgan fingerprint density at radius 3 is 1.65 bits per heavy atom. The maximum atomic E-state index is 4.59. The van der Waals surface area contributed by atoms with Crippen LogP contribution in [0.15, 0.2) is 82.1 Å². The van der Waals surface area contributed by atoms with Gasteiger partial charge in [-0.2, -0.15) is 0 Å². The van der Waals surface area contributed by atoms with Gasteiger partial charge in [-0.25, -0.2) is 0 Å². The lowest BCUT2D eigenvalue weighted by Gasteiger charge is -2.14. The third-order valence-corrected chi connectivity index (χ3v) is 3.07. The van der Waals surface area contributed by atoms with Crippen LogP contribution in [0.2, 0.25) is 0 Å². The van der Waals surface area contributed by atoms with Gasteiger partial charge in [0.1, 0.15) is 13.3 Å². The van der Waals surface area contributed by atoms with E-state index in [9.17, 15) is 0 Å². The number of nitrogens with zero attached hydrogens (tertiary/aromatic N) is 2. The average molecular weight is 264 g/mol. The maximum absolute atomic E-state index is 4.59. The van der Waals surface area contributed by atoms with Crippen LogP contribution >= 0.6 is 0 Å². The minimum absolute atomic E-state index is 0.519. The first-order valence-electron chi connectivity index (χ1n) is 6.61. The van der Waals surface area contributed by atoms with E-state index in [1.807, 2.05) is 60.8 Å². The Labute approximate surface area is 118 Å². The third-order valence-electron chi connectivity index (χ3n) is 3.07. The summed E-state index contributed by atoms with van der Waals surface area (Å²) in [5.74, 6) is 0. The summed E-state index contributed by atoms with van der Waals surface area (Å²) in [7, 11) is 0. The molecule has 0 aromatic carbocycles. The Hall–Kier alpha value is -2.62. The predicted octanol–water partition coefficient (Wildman–Crippen LogP) is 2.00. The molecule has 0 radical (unpaired) electrons. The third kappa shape index (κ3) is 2.85. The van der Waals surface area contributed by atoms with Gasteiger partial charge in [-0.05, 0) is 24.3 Å². The number of aliphatic imine (C=N–C) groups is 2. The van der Waals surface area contributed by atoms with Gasteiger partial charge in [0.2, 0.25) is 0 Å². The van der Waals surface area contributed by atoms with Gasteiger partial charge in [0.25, 0.3) is 0 Å². The fourth-order valence-electron chi connectivity index (χ4n) is 2.07. The molecular formula is C16H16N4. The number of allylic oxidation sites excluding steroid dienone is 10. The minimum atomic E-state index is 0.519.